The summed E-state index contributed by atoms with van der Waals surface area (Å²) in [5, 5.41) is 6.11. The first-order valence-electron chi connectivity index (χ1n) is 9.86. The summed E-state index contributed by atoms with van der Waals surface area (Å²) >= 11 is 0. The van der Waals surface area contributed by atoms with Gasteiger partial charge < -0.3 is 24.8 Å². The first-order valence-corrected chi connectivity index (χ1v) is 9.86. The average molecular weight is 378 g/mol. The maximum atomic E-state index is 13.3. The number of nitrogens with one attached hydrogen (secondary N) is 2. The molecule has 2 aliphatic heterocycles. The highest BCUT2D eigenvalue weighted by molar-refractivity contribution is 5.75. The van der Waals surface area contributed by atoms with Gasteiger partial charge in [-0.05, 0) is 43.4 Å². The minimum Gasteiger partial charge on any atom is -0.376 e. The first kappa shape index (κ1) is 18.7. The molecule has 0 radical (unpaired) electrons. The number of rotatable bonds is 4. The largest absolute Gasteiger partial charge is 0.376 e. The summed E-state index contributed by atoms with van der Waals surface area (Å²) in [6, 6.07) is 5.85. The summed E-state index contributed by atoms with van der Waals surface area (Å²) < 4.78 is 30.5. The Hall–Kier alpha value is -1.70. The van der Waals surface area contributed by atoms with E-state index in [1.807, 2.05) is 0 Å². The van der Waals surface area contributed by atoms with Crippen molar-refractivity contribution >= 4 is 6.03 Å². The molecule has 3 aliphatic rings. The molecule has 0 aromatic heterocycles. The van der Waals surface area contributed by atoms with Gasteiger partial charge in [0, 0.05) is 25.5 Å². The van der Waals surface area contributed by atoms with Crippen molar-refractivity contribution in [3.8, 4) is 0 Å². The zero-order chi connectivity index (χ0) is 18.7. The van der Waals surface area contributed by atoms with Gasteiger partial charge in [-0.25, -0.2) is 9.18 Å². The summed E-state index contributed by atoms with van der Waals surface area (Å²) in [6.45, 7) is 2.00. The number of halogens is 1. The van der Waals surface area contributed by atoms with Crippen molar-refractivity contribution in [3.63, 3.8) is 0 Å². The number of urea groups is 1. The van der Waals surface area contributed by atoms with E-state index in [0.717, 1.165) is 44.1 Å². The molecule has 4 rings (SSSR count). The molecule has 3 fully saturated rings. The third-order valence-corrected chi connectivity index (χ3v) is 5.75. The number of carbonyl (C=O) groups is 1. The highest BCUT2D eigenvalue weighted by Crippen LogP contribution is 2.35. The zero-order valence-electron chi connectivity index (χ0n) is 15.4. The molecule has 0 bridgehead atoms. The number of amides is 2. The Balaban J connectivity index is 1.35. The summed E-state index contributed by atoms with van der Waals surface area (Å²) in [7, 11) is 0. The van der Waals surface area contributed by atoms with E-state index in [2.05, 4.69) is 10.6 Å². The molecular weight excluding hydrogens is 351 g/mol. The minimum absolute atomic E-state index is 0.0869. The van der Waals surface area contributed by atoms with Gasteiger partial charge in [-0.1, -0.05) is 12.1 Å². The van der Waals surface area contributed by atoms with Gasteiger partial charge in [0.1, 0.15) is 5.82 Å². The van der Waals surface area contributed by atoms with Crippen LogP contribution in [0.5, 0.6) is 0 Å². The molecule has 2 atom stereocenters. The van der Waals surface area contributed by atoms with Crippen LogP contribution in [-0.2, 0) is 14.2 Å². The fourth-order valence-corrected chi connectivity index (χ4v) is 4.28. The Morgan fingerprint density at radius 2 is 1.78 bits per heavy atom. The van der Waals surface area contributed by atoms with Crippen LogP contribution in [0.2, 0.25) is 0 Å². The standard InChI is InChI=1S/C20H27FN2O4/c21-15-5-3-14(4-6-15)18(17-2-1-11-25-17)23-19(24)22-16-7-9-20(10-8-16)26-12-13-27-20/h3-6,16-18H,1-2,7-13H2,(H2,22,23,24)/t17-,18-/m0/s1. The molecule has 148 valence electrons. The molecule has 1 aromatic carbocycles. The van der Waals surface area contributed by atoms with Crippen molar-refractivity contribution in [1.82, 2.24) is 10.6 Å². The van der Waals surface area contributed by atoms with Crippen molar-refractivity contribution in [2.45, 2.75) is 62.5 Å². The molecule has 1 aliphatic carbocycles. The van der Waals surface area contributed by atoms with Gasteiger partial charge in [-0.15, -0.1) is 0 Å². The Morgan fingerprint density at radius 1 is 1.07 bits per heavy atom. The highest BCUT2D eigenvalue weighted by atomic mass is 19.1. The van der Waals surface area contributed by atoms with E-state index in [-0.39, 0.29) is 30.0 Å². The van der Waals surface area contributed by atoms with E-state index in [4.69, 9.17) is 14.2 Å². The second-order valence-corrected chi connectivity index (χ2v) is 7.58. The number of benzene rings is 1. The SMILES string of the molecule is O=C(NC1CCC2(CC1)OCCO2)N[C@@H](c1ccc(F)cc1)[C@@H]1CCCO1. The van der Waals surface area contributed by atoms with Crippen LogP contribution in [0.4, 0.5) is 9.18 Å². The molecule has 27 heavy (non-hydrogen) atoms. The lowest BCUT2D eigenvalue weighted by Gasteiger charge is -2.36. The first-order chi connectivity index (χ1) is 13.1. The summed E-state index contributed by atoms with van der Waals surface area (Å²) in [5.41, 5.74) is 0.855. The molecule has 1 aromatic rings. The Labute approximate surface area is 158 Å². The molecule has 6 nitrogen and oxygen atoms in total. The van der Waals surface area contributed by atoms with Crippen molar-refractivity contribution in [3.05, 3.63) is 35.6 Å². The predicted molar refractivity (Wildman–Crippen MR) is 96.7 cm³/mol. The molecule has 1 saturated carbocycles. The second-order valence-electron chi connectivity index (χ2n) is 7.58. The minimum atomic E-state index is -0.428. The van der Waals surface area contributed by atoms with Gasteiger partial charge in [0.15, 0.2) is 5.79 Å². The van der Waals surface area contributed by atoms with Crippen LogP contribution in [0, 0.1) is 5.82 Å². The van der Waals surface area contributed by atoms with Gasteiger partial charge in [0.05, 0.1) is 25.4 Å². The van der Waals surface area contributed by atoms with E-state index in [9.17, 15) is 9.18 Å². The van der Waals surface area contributed by atoms with Gasteiger partial charge in [-0.3, -0.25) is 0 Å². The van der Waals surface area contributed by atoms with Crippen LogP contribution >= 0.6 is 0 Å². The van der Waals surface area contributed by atoms with Crippen molar-refractivity contribution in [1.29, 1.82) is 0 Å². The molecule has 0 unspecified atom stereocenters. The molecule has 1 spiro atoms. The third kappa shape index (κ3) is 4.42. The molecule has 2 heterocycles. The van der Waals surface area contributed by atoms with E-state index in [1.165, 1.54) is 12.1 Å². The molecule has 2 amide bonds. The van der Waals surface area contributed by atoms with Crippen LogP contribution < -0.4 is 10.6 Å². The number of ether oxygens (including phenoxy) is 3. The molecular formula is C20H27FN2O4. The van der Waals surface area contributed by atoms with E-state index < -0.39 is 5.79 Å². The maximum Gasteiger partial charge on any atom is 0.315 e. The van der Waals surface area contributed by atoms with Gasteiger partial charge in [0.25, 0.3) is 0 Å². The fraction of sp³-hybridized carbons (Fsp3) is 0.650. The Kier molecular flexibility index (Phi) is 5.61. The van der Waals surface area contributed by atoms with Crippen molar-refractivity contribution < 1.29 is 23.4 Å². The topological polar surface area (TPSA) is 68.8 Å². The molecule has 2 N–H and O–H groups in total. The quantitative estimate of drug-likeness (QED) is 0.845. The van der Waals surface area contributed by atoms with Crippen molar-refractivity contribution in [2.75, 3.05) is 19.8 Å². The third-order valence-electron chi connectivity index (χ3n) is 5.75. The van der Waals surface area contributed by atoms with Gasteiger partial charge >= 0.3 is 6.03 Å². The highest BCUT2D eigenvalue weighted by Gasteiger charge is 2.40. The number of hydrogen-bond acceptors (Lipinski definition) is 4. The molecule has 7 heteroatoms. The van der Waals surface area contributed by atoms with E-state index in [1.54, 1.807) is 12.1 Å². The smallest absolute Gasteiger partial charge is 0.315 e. The van der Waals surface area contributed by atoms with Gasteiger partial charge in [-0.2, -0.15) is 0 Å². The fourth-order valence-electron chi connectivity index (χ4n) is 4.28. The average Bonchev–Trinajstić information content (AvgIpc) is 3.35. The van der Waals surface area contributed by atoms with E-state index in [0.29, 0.717) is 19.8 Å². The number of hydrogen-bond donors (Lipinski definition) is 2. The summed E-state index contributed by atoms with van der Waals surface area (Å²) in [4.78, 5) is 12.6. The second kappa shape index (κ2) is 8.12. The van der Waals surface area contributed by atoms with Crippen LogP contribution in [0.15, 0.2) is 24.3 Å². The zero-order valence-corrected chi connectivity index (χ0v) is 15.4. The van der Waals surface area contributed by atoms with Crippen LogP contribution in [0.1, 0.15) is 50.1 Å². The maximum absolute atomic E-state index is 13.3. The number of carbonyl (C=O) groups excluding carboxylic acids is 1. The Bertz CT molecular complexity index is 632. The predicted octanol–water partition coefficient (Wildman–Crippen LogP) is 3.03. The summed E-state index contributed by atoms with van der Waals surface area (Å²) in [5.74, 6) is -0.718. The van der Waals surface area contributed by atoms with Crippen molar-refractivity contribution in [2.24, 2.45) is 0 Å². The van der Waals surface area contributed by atoms with E-state index >= 15 is 0 Å². The van der Waals surface area contributed by atoms with Crippen LogP contribution in [0.3, 0.4) is 0 Å². The monoisotopic (exact) mass is 378 g/mol. The lowest BCUT2D eigenvalue weighted by Crippen LogP contribution is -2.49. The van der Waals surface area contributed by atoms with Crippen LogP contribution in [-0.4, -0.2) is 43.8 Å². The summed E-state index contributed by atoms with van der Waals surface area (Å²) in [6.07, 6.45) is 5.01. The lowest BCUT2D eigenvalue weighted by atomic mass is 9.90. The van der Waals surface area contributed by atoms with Gasteiger partial charge in [0.2, 0.25) is 0 Å². The Morgan fingerprint density at radius 3 is 2.41 bits per heavy atom. The van der Waals surface area contributed by atoms with Crippen LogP contribution in [0.25, 0.3) is 0 Å². The normalized spacial score (nSPS) is 26.2. The lowest BCUT2D eigenvalue weighted by molar-refractivity contribution is -0.179. The molecule has 2 saturated heterocycles.